The molecule has 0 aliphatic carbocycles. The van der Waals surface area contributed by atoms with E-state index < -0.39 is 0 Å². The van der Waals surface area contributed by atoms with E-state index in [2.05, 4.69) is 51.0 Å². The fourth-order valence-electron chi connectivity index (χ4n) is 1.98. The minimum Gasteiger partial charge on any atom is -0.355 e. The molecule has 1 aromatic heterocycles. The van der Waals surface area contributed by atoms with Crippen LogP contribution in [-0.4, -0.2) is 35.6 Å². The van der Waals surface area contributed by atoms with Gasteiger partial charge < -0.3 is 10.2 Å². The van der Waals surface area contributed by atoms with Crippen LogP contribution >= 0.6 is 27.7 Å². The molecule has 5 heteroatoms. The molecule has 18 heavy (non-hydrogen) atoms. The van der Waals surface area contributed by atoms with Gasteiger partial charge in [0.1, 0.15) is 5.82 Å². The van der Waals surface area contributed by atoms with E-state index >= 15 is 0 Å². The maximum Gasteiger partial charge on any atom is 0.133 e. The second kappa shape index (κ2) is 6.78. The number of nitrogens with zero attached hydrogens (tertiary/aromatic N) is 2. The zero-order valence-corrected chi connectivity index (χ0v) is 13.4. The van der Waals surface area contributed by atoms with Crippen molar-refractivity contribution in [2.24, 2.45) is 0 Å². The van der Waals surface area contributed by atoms with E-state index in [1.807, 2.05) is 18.0 Å². The molecule has 0 bridgehead atoms. The molecule has 3 nitrogen and oxygen atoms in total. The highest BCUT2D eigenvalue weighted by molar-refractivity contribution is 9.10. The first-order chi connectivity index (χ1) is 8.66. The molecule has 0 aromatic carbocycles. The lowest BCUT2D eigenvalue weighted by molar-refractivity contribution is 0.586. The largest absolute Gasteiger partial charge is 0.355 e. The number of rotatable bonds is 4. The standard InChI is InChI=1S/C13H20BrN3S/c1-10(2)15-8-11-7-12(14)9-16-13(11)17-3-5-18-6-4-17/h7,9-10,15H,3-6,8H2,1-2H3. The van der Waals surface area contributed by atoms with Gasteiger partial charge in [-0.15, -0.1) is 0 Å². The molecule has 2 heterocycles. The van der Waals surface area contributed by atoms with E-state index in [1.54, 1.807) is 0 Å². The minimum atomic E-state index is 0.494. The van der Waals surface area contributed by atoms with E-state index in [0.29, 0.717) is 6.04 Å². The molecule has 1 aliphatic heterocycles. The predicted molar refractivity (Wildman–Crippen MR) is 83.5 cm³/mol. The van der Waals surface area contributed by atoms with Gasteiger partial charge >= 0.3 is 0 Å². The van der Waals surface area contributed by atoms with E-state index in [4.69, 9.17) is 0 Å². The Balaban J connectivity index is 2.16. The molecule has 1 fully saturated rings. The molecule has 100 valence electrons. The number of thioether (sulfide) groups is 1. The van der Waals surface area contributed by atoms with E-state index in [1.165, 1.54) is 17.1 Å². The van der Waals surface area contributed by atoms with Gasteiger partial charge in [-0.25, -0.2) is 4.98 Å². The van der Waals surface area contributed by atoms with Gasteiger partial charge in [0, 0.05) is 53.4 Å². The number of hydrogen-bond acceptors (Lipinski definition) is 4. The number of pyridine rings is 1. The third-order valence-electron chi connectivity index (χ3n) is 2.92. The van der Waals surface area contributed by atoms with Gasteiger partial charge in [-0.1, -0.05) is 13.8 Å². The highest BCUT2D eigenvalue weighted by Gasteiger charge is 2.16. The Hall–Kier alpha value is -0.260. The van der Waals surface area contributed by atoms with Crippen molar-refractivity contribution in [3.8, 4) is 0 Å². The molecular formula is C13H20BrN3S. The first-order valence-electron chi connectivity index (χ1n) is 6.37. The minimum absolute atomic E-state index is 0.494. The first-order valence-corrected chi connectivity index (χ1v) is 8.32. The highest BCUT2D eigenvalue weighted by atomic mass is 79.9. The van der Waals surface area contributed by atoms with Crippen LogP contribution in [0.3, 0.4) is 0 Å². The van der Waals surface area contributed by atoms with Crippen LogP contribution in [0.15, 0.2) is 16.7 Å². The highest BCUT2D eigenvalue weighted by Crippen LogP contribution is 2.24. The van der Waals surface area contributed by atoms with Crippen LogP contribution in [0.25, 0.3) is 0 Å². The van der Waals surface area contributed by atoms with Gasteiger partial charge in [0.25, 0.3) is 0 Å². The Labute approximate surface area is 122 Å². The molecule has 1 saturated heterocycles. The van der Waals surface area contributed by atoms with E-state index in [0.717, 1.165) is 29.9 Å². The van der Waals surface area contributed by atoms with Crippen LogP contribution in [0.2, 0.25) is 0 Å². The SMILES string of the molecule is CC(C)NCc1cc(Br)cnc1N1CCSCC1. The Morgan fingerprint density at radius 3 is 2.83 bits per heavy atom. The number of hydrogen-bond donors (Lipinski definition) is 1. The summed E-state index contributed by atoms with van der Waals surface area (Å²) in [6.45, 7) is 7.43. The molecule has 0 saturated carbocycles. The average Bonchev–Trinajstić information content (AvgIpc) is 2.37. The van der Waals surface area contributed by atoms with Gasteiger partial charge in [-0.05, 0) is 22.0 Å². The lowest BCUT2D eigenvalue weighted by Crippen LogP contribution is -2.34. The first kappa shape index (κ1) is 14.2. The topological polar surface area (TPSA) is 28.2 Å². The van der Waals surface area contributed by atoms with E-state index in [-0.39, 0.29) is 0 Å². The lowest BCUT2D eigenvalue weighted by Gasteiger charge is -2.29. The summed E-state index contributed by atoms with van der Waals surface area (Å²) in [4.78, 5) is 7.01. The second-order valence-electron chi connectivity index (χ2n) is 4.77. The Morgan fingerprint density at radius 2 is 2.17 bits per heavy atom. The van der Waals surface area contributed by atoms with Crippen LogP contribution in [0.4, 0.5) is 5.82 Å². The summed E-state index contributed by atoms with van der Waals surface area (Å²) in [7, 11) is 0. The smallest absolute Gasteiger partial charge is 0.133 e. The number of nitrogens with one attached hydrogen (secondary N) is 1. The molecule has 2 rings (SSSR count). The van der Waals surface area contributed by atoms with Crippen molar-refractivity contribution in [2.75, 3.05) is 29.5 Å². The third kappa shape index (κ3) is 3.87. The lowest BCUT2D eigenvalue weighted by atomic mass is 10.2. The molecule has 0 spiro atoms. The normalized spacial score (nSPS) is 16.3. The zero-order chi connectivity index (χ0) is 13.0. The Morgan fingerprint density at radius 1 is 1.44 bits per heavy atom. The fourth-order valence-corrected chi connectivity index (χ4v) is 3.26. The van der Waals surface area contributed by atoms with Gasteiger partial charge in [-0.3, -0.25) is 0 Å². The molecule has 1 aromatic rings. The summed E-state index contributed by atoms with van der Waals surface area (Å²) < 4.78 is 1.05. The average molecular weight is 330 g/mol. The predicted octanol–water partition coefficient (Wildman–Crippen LogP) is 2.90. The van der Waals surface area contributed by atoms with Crippen LogP contribution in [-0.2, 0) is 6.54 Å². The summed E-state index contributed by atoms with van der Waals surface area (Å²) in [6.07, 6.45) is 1.90. The summed E-state index contributed by atoms with van der Waals surface area (Å²) in [5, 5.41) is 3.48. The van der Waals surface area contributed by atoms with Crippen LogP contribution in [0.1, 0.15) is 19.4 Å². The van der Waals surface area contributed by atoms with Crippen LogP contribution < -0.4 is 10.2 Å². The van der Waals surface area contributed by atoms with Crippen molar-refractivity contribution in [1.29, 1.82) is 0 Å². The van der Waals surface area contributed by atoms with Crippen molar-refractivity contribution < 1.29 is 0 Å². The van der Waals surface area contributed by atoms with Crippen molar-refractivity contribution >= 4 is 33.5 Å². The maximum atomic E-state index is 4.61. The molecular weight excluding hydrogens is 310 g/mol. The Kier molecular flexibility index (Phi) is 5.33. The van der Waals surface area contributed by atoms with Gasteiger partial charge in [0.15, 0.2) is 0 Å². The van der Waals surface area contributed by atoms with E-state index in [9.17, 15) is 0 Å². The van der Waals surface area contributed by atoms with Crippen molar-refractivity contribution in [3.63, 3.8) is 0 Å². The third-order valence-corrected chi connectivity index (χ3v) is 4.30. The van der Waals surface area contributed by atoms with Crippen molar-refractivity contribution in [1.82, 2.24) is 10.3 Å². The quantitative estimate of drug-likeness (QED) is 0.919. The maximum absolute atomic E-state index is 4.61. The molecule has 1 N–H and O–H groups in total. The second-order valence-corrected chi connectivity index (χ2v) is 6.91. The number of halogens is 1. The van der Waals surface area contributed by atoms with Crippen molar-refractivity contribution in [2.45, 2.75) is 26.4 Å². The summed E-state index contributed by atoms with van der Waals surface area (Å²) in [5.74, 6) is 3.55. The van der Waals surface area contributed by atoms with Crippen LogP contribution in [0.5, 0.6) is 0 Å². The monoisotopic (exact) mass is 329 g/mol. The van der Waals surface area contributed by atoms with Crippen LogP contribution in [0, 0.1) is 0 Å². The molecule has 0 amide bonds. The zero-order valence-electron chi connectivity index (χ0n) is 10.9. The summed E-state index contributed by atoms with van der Waals surface area (Å²) >= 11 is 5.54. The van der Waals surface area contributed by atoms with Gasteiger partial charge in [0.2, 0.25) is 0 Å². The van der Waals surface area contributed by atoms with Gasteiger partial charge in [0.05, 0.1) is 0 Å². The summed E-state index contributed by atoms with van der Waals surface area (Å²) in [5.41, 5.74) is 1.28. The molecule has 1 aliphatic rings. The molecule has 0 radical (unpaired) electrons. The molecule has 0 unspecified atom stereocenters. The number of aromatic nitrogens is 1. The Bertz CT molecular complexity index is 392. The van der Waals surface area contributed by atoms with Gasteiger partial charge in [-0.2, -0.15) is 11.8 Å². The summed E-state index contributed by atoms with van der Waals surface area (Å²) in [6, 6.07) is 2.67. The molecule has 0 atom stereocenters. The van der Waals surface area contributed by atoms with Crippen molar-refractivity contribution in [3.05, 3.63) is 22.3 Å². The fraction of sp³-hybridized carbons (Fsp3) is 0.615. The number of anilines is 1.